The molecule has 2 aromatic rings. The van der Waals surface area contributed by atoms with Crippen LogP contribution >= 0.6 is 0 Å². The minimum atomic E-state index is 0.176. The lowest BCUT2D eigenvalue weighted by molar-refractivity contribution is 0.299. The predicted molar refractivity (Wildman–Crippen MR) is 84.1 cm³/mol. The van der Waals surface area contributed by atoms with Gasteiger partial charge in [-0.2, -0.15) is 0 Å². The van der Waals surface area contributed by atoms with E-state index < -0.39 is 0 Å². The van der Waals surface area contributed by atoms with E-state index in [0.29, 0.717) is 13.0 Å². The van der Waals surface area contributed by atoms with Gasteiger partial charge >= 0.3 is 0 Å². The number of rotatable bonds is 7. The highest BCUT2D eigenvalue weighted by molar-refractivity contribution is 5.47. The second-order valence-electron chi connectivity index (χ2n) is 4.70. The Labute approximate surface area is 125 Å². The molecule has 0 aromatic heterocycles. The van der Waals surface area contributed by atoms with Crippen LogP contribution in [0.3, 0.4) is 0 Å². The molecule has 0 fully saturated rings. The summed E-state index contributed by atoms with van der Waals surface area (Å²) in [6, 6.07) is 13.9. The Bertz CT molecular complexity index is 567. The summed E-state index contributed by atoms with van der Waals surface area (Å²) >= 11 is 0. The minimum absolute atomic E-state index is 0.176. The van der Waals surface area contributed by atoms with Gasteiger partial charge in [0.05, 0.1) is 14.2 Å². The third-order valence-electron chi connectivity index (χ3n) is 3.33. The van der Waals surface area contributed by atoms with Crippen LogP contribution in [0.15, 0.2) is 42.5 Å². The number of aliphatic hydroxyl groups excluding tert-OH is 1. The quantitative estimate of drug-likeness (QED) is 0.822. The Morgan fingerprint density at radius 2 is 1.76 bits per heavy atom. The van der Waals surface area contributed by atoms with Gasteiger partial charge in [-0.3, -0.25) is 0 Å². The first-order valence-corrected chi connectivity index (χ1v) is 6.91. The molecule has 2 aromatic carbocycles. The van der Waals surface area contributed by atoms with Crippen molar-refractivity contribution in [2.75, 3.05) is 26.1 Å². The molecule has 2 N–H and O–H groups in total. The monoisotopic (exact) mass is 287 g/mol. The summed E-state index contributed by atoms with van der Waals surface area (Å²) in [7, 11) is 3.29. The SMILES string of the molecule is COc1ccc(CNc2ccc(CCO)cc2)c(OC)c1. The minimum Gasteiger partial charge on any atom is -0.497 e. The molecule has 0 saturated heterocycles. The van der Waals surface area contributed by atoms with Gasteiger partial charge in [0.1, 0.15) is 11.5 Å². The molecule has 0 heterocycles. The average molecular weight is 287 g/mol. The number of benzene rings is 2. The molecule has 21 heavy (non-hydrogen) atoms. The molecule has 0 amide bonds. The Kier molecular flexibility index (Phi) is 5.46. The number of ether oxygens (including phenoxy) is 2. The van der Waals surface area contributed by atoms with E-state index in [-0.39, 0.29) is 6.61 Å². The van der Waals surface area contributed by atoms with Crippen LogP contribution in [0.25, 0.3) is 0 Å². The van der Waals surface area contributed by atoms with Gasteiger partial charge in [0.25, 0.3) is 0 Å². The lowest BCUT2D eigenvalue weighted by atomic mass is 10.1. The van der Waals surface area contributed by atoms with Crippen LogP contribution in [0, 0.1) is 0 Å². The first-order valence-electron chi connectivity index (χ1n) is 6.91. The third-order valence-corrected chi connectivity index (χ3v) is 3.33. The maximum atomic E-state index is 8.90. The van der Waals surface area contributed by atoms with Gasteiger partial charge in [-0.05, 0) is 36.2 Å². The highest BCUT2D eigenvalue weighted by atomic mass is 16.5. The largest absolute Gasteiger partial charge is 0.497 e. The third kappa shape index (κ3) is 4.13. The summed E-state index contributed by atoms with van der Waals surface area (Å²) in [5.41, 5.74) is 3.23. The van der Waals surface area contributed by atoms with Crippen molar-refractivity contribution in [1.29, 1.82) is 0 Å². The van der Waals surface area contributed by atoms with E-state index in [1.165, 1.54) is 0 Å². The van der Waals surface area contributed by atoms with Gasteiger partial charge in [-0.25, -0.2) is 0 Å². The van der Waals surface area contributed by atoms with Crippen LogP contribution in [-0.4, -0.2) is 25.9 Å². The molecule has 0 unspecified atom stereocenters. The van der Waals surface area contributed by atoms with Gasteiger partial charge in [0, 0.05) is 30.5 Å². The Balaban J connectivity index is 2.02. The zero-order valence-electron chi connectivity index (χ0n) is 12.4. The Morgan fingerprint density at radius 1 is 1.00 bits per heavy atom. The zero-order chi connectivity index (χ0) is 15.1. The van der Waals surface area contributed by atoms with Crippen molar-refractivity contribution in [1.82, 2.24) is 0 Å². The van der Waals surface area contributed by atoms with Gasteiger partial charge in [0.2, 0.25) is 0 Å². The topological polar surface area (TPSA) is 50.7 Å². The second-order valence-corrected chi connectivity index (χ2v) is 4.70. The van der Waals surface area contributed by atoms with Crippen molar-refractivity contribution in [3.63, 3.8) is 0 Å². The van der Waals surface area contributed by atoms with E-state index in [1.807, 2.05) is 42.5 Å². The molecule has 4 heteroatoms. The smallest absolute Gasteiger partial charge is 0.127 e. The van der Waals surface area contributed by atoms with Crippen molar-refractivity contribution in [2.45, 2.75) is 13.0 Å². The van der Waals surface area contributed by atoms with Crippen LogP contribution in [0.1, 0.15) is 11.1 Å². The number of hydrogen-bond donors (Lipinski definition) is 2. The zero-order valence-corrected chi connectivity index (χ0v) is 12.4. The normalized spacial score (nSPS) is 10.2. The van der Waals surface area contributed by atoms with Gasteiger partial charge in [0.15, 0.2) is 0 Å². The van der Waals surface area contributed by atoms with Crippen LogP contribution in [0.2, 0.25) is 0 Å². The highest BCUT2D eigenvalue weighted by Crippen LogP contribution is 2.25. The van der Waals surface area contributed by atoms with Crippen LogP contribution in [0.5, 0.6) is 11.5 Å². The van der Waals surface area contributed by atoms with E-state index in [9.17, 15) is 0 Å². The van der Waals surface area contributed by atoms with Crippen LogP contribution in [-0.2, 0) is 13.0 Å². The number of nitrogens with one attached hydrogen (secondary N) is 1. The van der Waals surface area contributed by atoms with Gasteiger partial charge in [-0.1, -0.05) is 12.1 Å². The number of anilines is 1. The summed E-state index contributed by atoms with van der Waals surface area (Å²) in [6.07, 6.45) is 0.687. The molecule has 0 spiro atoms. The highest BCUT2D eigenvalue weighted by Gasteiger charge is 2.05. The van der Waals surface area contributed by atoms with E-state index >= 15 is 0 Å². The molecule has 0 aliphatic rings. The van der Waals surface area contributed by atoms with Crippen LogP contribution in [0.4, 0.5) is 5.69 Å². The summed E-state index contributed by atoms with van der Waals surface area (Å²) in [5.74, 6) is 1.59. The molecule has 0 aliphatic heterocycles. The molecule has 0 aliphatic carbocycles. The molecular weight excluding hydrogens is 266 g/mol. The average Bonchev–Trinajstić information content (AvgIpc) is 2.54. The van der Waals surface area contributed by atoms with Crippen molar-refractivity contribution in [3.8, 4) is 11.5 Å². The molecule has 0 radical (unpaired) electrons. The fourth-order valence-electron chi connectivity index (χ4n) is 2.11. The standard InChI is InChI=1S/C17H21NO3/c1-20-16-8-5-14(17(11-16)21-2)12-18-15-6-3-13(4-7-15)9-10-19/h3-8,11,18-19H,9-10,12H2,1-2H3. The molecule has 2 rings (SSSR count). The molecule has 0 atom stereocenters. The van der Waals surface area contributed by atoms with Crippen molar-refractivity contribution in [2.24, 2.45) is 0 Å². The van der Waals surface area contributed by atoms with E-state index in [1.54, 1.807) is 14.2 Å². The summed E-state index contributed by atoms with van der Waals surface area (Å²) in [4.78, 5) is 0. The molecule has 4 nitrogen and oxygen atoms in total. The van der Waals surface area contributed by atoms with E-state index in [4.69, 9.17) is 14.6 Å². The molecular formula is C17H21NO3. The number of methoxy groups -OCH3 is 2. The first-order chi connectivity index (χ1) is 10.3. The Hall–Kier alpha value is -2.20. The fourth-order valence-corrected chi connectivity index (χ4v) is 2.11. The number of hydrogen-bond acceptors (Lipinski definition) is 4. The lowest BCUT2D eigenvalue weighted by Gasteiger charge is -2.12. The molecule has 0 saturated carbocycles. The lowest BCUT2D eigenvalue weighted by Crippen LogP contribution is -2.02. The van der Waals surface area contributed by atoms with Crippen molar-refractivity contribution >= 4 is 5.69 Å². The summed E-state index contributed by atoms with van der Waals surface area (Å²) in [6.45, 7) is 0.850. The van der Waals surface area contributed by atoms with Crippen molar-refractivity contribution < 1.29 is 14.6 Å². The number of aliphatic hydroxyl groups is 1. The van der Waals surface area contributed by atoms with Crippen molar-refractivity contribution in [3.05, 3.63) is 53.6 Å². The van der Waals surface area contributed by atoms with E-state index in [0.717, 1.165) is 28.3 Å². The maximum Gasteiger partial charge on any atom is 0.127 e. The van der Waals surface area contributed by atoms with Crippen LogP contribution < -0.4 is 14.8 Å². The molecule has 112 valence electrons. The Morgan fingerprint density at radius 3 is 2.38 bits per heavy atom. The summed E-state index contributed by atoms with van der Waals surface area (Å²) < 4.78 is 10.6. The second kappa shape index (κ2) is 7.55. The van der Waals surface area contributed by atoms with Gasteiger partial charge in [-0.15, -0.1) is 0 Å². The fraction of sp³-hybridized carbons (Fsp3) is 0.294. The first kappa shape index (κ1) is 15.2. The summed E-state index contributed by atoms with van der Waals surface area (Å²) in [5, 5.41) is 12.3. The maximum absolute atomic E-state index is 8.90. The molecule has 0 bridgehead atoms. The van der Waals surface area contributed by atoms with Gasteiger partial charge < -0.3 is 19.9 Å². The van der Waals surface area contributed by atoms with E-state index in [2.05, 4.69) is 5.32 Å². The predicted octanol–water partition coefficient (Wildman–Crippen LogP) is 2.85.